The number of likely N-dealkylation sites (tertiary alicyclic amines) is 1. The fraction of sp³-hybridized carbons (Fsp3) is 0.611. The SMILES string of the molecule is CN(C)C(=O)c1cc(NC(=O)NC2CCN(C(C)(C)C)CC2)ccn1. The predicted molar refractivity (Wildman–Crippen MR) is 98.8 cm³/mol. The number of carbonyl (C=O) groups is 2. The fourth-order valence-electron chi connectivity index (χ4n) is 2.90. The predicted octanol–water partition coefficient (Wildman–Crippen LogP) is 2.17. The maximum atomic E-state index is 12.2. The van der Waals surface area contributed by atoms with Crippen LogP contribution in [0.3, 0.4) is 0 Å². The minimum absolute atomic E-state index is 0.166. The average Bonchev–Trinajstić information content (AvgIpc) is 2.53. The number of hydrogen-bond donors (Lipinski definition) is 2. The lowest BCUT2D eigenvalue weighted by Crippen LogP contribution is -2.51. The molecule has 1 aromatic rings. The van der Waals surface area contributed by atoms with E-state index in [-0.39, 0.29) is 23.5 Å². The first-order valence-corrected chi connectivity index (χ1v) is 8.67. The molecule has 2 rings (SSSR count). The van der Waals surface area contributed by atoms with Gasteiger partial charge in [-0.25, -0.2) is 4.79 Å². The van der Waals surface area contributed by atoms with Crippen molar-refractivity contribution >= 4 is 17.6 Å². The van der Waals surface area contributed by atoms with E-state index in [1.165, 1.54) is 11.1 Å². The summed E-state index contributed by atoms with van der Waals surface area (Å²) in [6.45, 7) is 8.59. The van der Waals surface area contributed by atoms with Gasteiger partial charge in [0.1, 0.15) is 5.69 Å². The topological polar surface area (TPSA) is 77.6 Å². The third-order valence-corrected chi connectivity index (χ3v) is 4.42. The highest BCUT2D eigenvalue weighted by atomic mass is 16.2. The summed E-state index contributed by atoms with van der Waals surface area (Å²) < 4.78 is 0. The average molecular weight is 347 g/mol. The lowest BCUT2D eigenvalue weighted by atomic mass is 9.98. The van der Waals surface area contributed by atoms with Crippen molar-refractivity contribution in [3.8, 4) is 0 Å². The van der Waals surface area contributed by atoms with Crippen LogP contribution in [0.5, 0.6) is 0 Å². The molecule has 25 heavy (non-hydrogen) atoms. The molecule has 0 bridgehead atoms. The highest BCUT2D eigenvalue weighted by Gasteiger charge is 2.27. The molecule has 0 spiro atoms. The van der Waals surface area contributed by atoms with Gasteiger partial charge in [0.05, 0.1) is 0 Å². The molecule has 7 heteroatoms. The van der Waals surface area contributed by atoms with Gasteiger partial charge in [0.15, 0.2) is 0 Å². The number of piperidine rings is 1. The van der Waals surface area contributed by atoms with Crippen molar-refractivity contribution in [2.24, 2.45) is 0 Å². The Balaban J connectivity index is 1.87. The number of hydrogen-bond acceptors (Lipinski definition) is 4. The van der Waals surface area contributed by atoms with Gasteiger partial charge in [-0.1, -0.05) is 0 Å². The van der Waals surface area contributed by atoms with E-state index in [1.807, 2.05) is 0 Å². The van der Waals surface area contributed by atoms with Crippen LogP contribution in [0, 0.1) is 0 Å². The molecule has 2 heterocycles. The molecule has 0 aliphatic carbocycles. The maximum absolute atomic E-state index is 12.2. The van der Waals surface area contributed by atoms with Crippen molar-refractivity contribution in [1.82, 2.24) is 20.1 Å². The van der Waals surface area contributed by atoms with E-state index in [0.717, 1.165) is 25.9 Å². The van der Waals surface area contributed by atoms with Crippen molar-refractivity contribution < 1.29 is 9.59 Å². The Labute approximate surface area is 149 Å². The van der Waals surface area contributed by atoms with Crippen molar-refractivity contribution in [2.75, 3.05) is 32.5 Å². The molecule has 1 saturated heterocycles. The number of amides is 3. The van der Waals surface area contributed by atoms with E-state index >= 15 is 0 Å². The van der Waals surface area contributed by atoms with Gasteiger partial charge < -0.3 is 15.5 Å². The van der Waals surface area contributed by atoms with Crippen LogP contribution in [-0.4, -0.2) is 65.5 Å². The Morgan fingerprint density at radius 2 is 1.88 bits per heavy atom. The van der Waals surface area contributed by atoms with Gasteiger partial charge in [-0.2, -0.15) is 0 Å². The summed E-state index contributed by atoms with van der Waals surface area (Å²) in [7, 11) is 3.33. The number of aromatic nitrogens is 1. The molecule has 1 aliphatic rings. The maximum Gasteiger partial charge on any atom is 0.319 e. The monoisotopic (exact) mass is 347 g/mol. The van der Waals surface area contributed by atoms with Gasteiger partial charge in [-0.3, -0.25) is 14.7 Å². The molecule has 0 aromatic carbocycles. The van der Waals surface area contributed by atoms with Crippen LogP contribution in [0.25, 0.3) is 0 Å². The molecular weight excluding hydrogens is 318 g/mol. The summed E-state index contributed by atoms with van der Waals surface area (Å²) >= 11 is 0. The van der Waals surface area contributed by atoms with Crippen LogP contribution < -0.4 is 10.6 Å². The highest BCUT2D eigenvalue weighted by Crippen LogP contribution is 2.20. The third-order valence-electron chi connectivity index (χ3n) is 4.42. The molecule has 0 atom stereocenters. The molecule has 1 aliphatic heterocycles. The second kappa shape index (κ2) is 7.82. The van der Waals surface area contributed by atoms with Crippen molar-refractivity contribution in [1.29, 1.82) is 0 Å². The zero-order valence-electron chi connectivity index (χ0n) is 15.8. The highest BCUT2D eigenvalue weighted by molar-refractivity contribution is 5.95. The molecule has 1 aromatic heterocycles. The number of urea groups is 1. The summed E-state index contributed by atoms with van der Waals surface area (Å²) in [5.41, 5.74) is 1.03. The van der Waals surface area contributed by atoms with Crippen LogP contribution in [0.2, 0.25) is 0 Å². The molecule has 0 unspecified atom stereocenters. The summed E-state index contributed by atoms with van der Waals surface area (Å²) in [6, 6.07) is 3.19. The quantitative estimate of drug-likeness (QED) is 0.878. The van der Waals surface area contributed by atoms with Crippen LogP contribution in [0.15, 0.2) is 18.3 Å². The fourth-order valence-corrected chi connectivity index (χ4v) is 2.90. The van der Waals surface area contributed by atoms with E-state index < -0.39 is 0 Å². The van der Waals surface area contributed by atoms with E-state index in [2.05, 4.69) is 41.3 Å². The largest absolute Gasteiger partial charge is 0.343 e. The van der Waals surface area contributed by atoms with E-state index in [4.69, 9.17) is 0 Å². The second-order valence-corrected chi connectivity index (χ2v) is 7.66. The third kappa shape index (κ3) is 5.42. The van der Waals surface area contributed by atoms with Crippen LogP contribution in [0.1, 0.15) is 44.1 Å². The molecule has 138 valence electrons. The minimum atomic E-state index is -0.247. The van der Waals surface area contributed by atoms with Crippen molar-refractivity contribution in [3.63, 3.8) is 0 Å². The van der Waals surface area contributed by atoms with Gasteiger partial charge in [0, 0.05) is 50.6 Å². The van der Waals surface area contributed by atoms with Gasteiger partial charge in [-0.05, 0) is 45.7 Å². The van der Waals surface area contributed by atoms with Crippen molar-refractivity contribution in [2.45, 2.75) is 45.2 Å². The number of nitrogens with one attached hydrogen (secondary N) is 2. The molecule has 7 nitrogen and oxygen atoms in total. The van der Waals surface area contributed by atoms with E-state index in [1.54, 1.807) is 26.2 Å². The zero-order valence-corrected chi connectivity index (χ0v) is 15.8. The number of anilines is 1. The van der Waals surface area contributed by atoms with Gasteiger partial charge in [-0.15, -0.1) is 0 Å². The number of nitrogens with zero attached hydrogens (tertiary/aromatic N) is 3. The van der Waals surface area contributed by atoms with Gasteiger partial charge >= 0.3 is 6.03 Å². The first-order valence-electron chi connectivity index (χ1n) is 8.67. The first kappa shape index (κ1) is 19.2. The lowest BCUT2D eigenvalue weighted by Gasteiger charge is -2.40. The van der Waals surface area contributed by atoms with Gasteiger partial charge in [0.2, 0.25) is 0 Å². The Morgan fingerprint density at radius 3 is 2.44 bits per heavy atom. The Morgan fingerprint density at radius 1 is 1.24 bits per heavy atom. The molecule has 0 saturated carbocycles. The summed E-state index contributed by atoms with van der Waals surface area (Å²) in [5, 5.41) is 5.81. The molecule has 0 radical (unpaired) electrons. The van der Waals surface area contributed by atoms with Crippen LogP contribution in [0.4, 0.5) is 10.5 Å². The Kier molecular flexibility index (Phi) is 6.00. The van der Waals surface area contributed by atoms with E-state index in [9.17, 15) is 9.59 Å². The lowest BCUT2D eigenvalue weighted by molar-refractivity contribution is 0.0822. The molecule has 2 N–H and O–H groups in total. The van der Waals surface area contributed by atoms with E-state index in [0.29, 0.717) is 11.4 Å². The molecular formula is C18H29N5O2. The molecule has 1 fully saturated rings. The summed E-state index contributed by atoms with van der Waals surface area (Å²) in [5.74, 6) is -0.196. The number of rotatable bonds is 3. The van der Waals surface area contributed by atoms with Crippen LogP contribution >= 0.6 is 0 Å². The van der Waals surface area contributed by atoms with Crippen molar-refractivity contribution in [3.05, 3.63) is 24.0 Å². The minimum Gasteiger partial charge on any atom is -0.343 e. The second-order valence-electron chi connectivity index (χ2n) is 7.66. The normalized spacial score (nSPS) is 16.4. The number of pyridine rings is 1. The zero-order chi connectivity index (χ0) is 18.6. The van der Waals surface area contributed by atoms with Gasteiger partial charge in [0.25, 0.3) is 5.91 Å². The molecule has 3 amide bonds. The smallest absolute Gasteiger partial charge is 0.319 e. The number of carbonyl (C=O) groups excluding carboxylic acids is 2. The summed E-state index contributed by atoms with van der Waals surface area (Å²) in [6.07, 6.45) is 3.39. The summed E-state index contributed by atoms with van der Waals surface area (Å²) in [4.78, 5) is 32.1. The Bertz CT molecular complexity index is 616. The first-order chi connectivity index (χ1) is 11.7. The standard InChI is InChI=1S/C18H29N5O2/c1-18(2,3)23-10-7-13(8-11-23)20-17(25)21-14-6-9-19-15(12-14)16(24)22(4)5/h6,9,12-13H,7-8,10-11H2,1-5H3,(H2,19,20,21,25). The Hall–Kier alpha value is -2.15. The van der Waals surface area contributed by atoms with Crippen LogP contribution in [-0.2, 0) is 0 Å².